The summed E-state index contributed by atoms with van der Waals surface area (Å²) in [7, 11) is 0. The minimum atomic E-state index is 0.243. The van der Waals surface area contributed by atoms with E-state index in [2.05, 4.69) is 59.0 Å². The van der Waals surface area contributed by atoms with E-state index in [1.54, 1.807) is 5.56 Å². The van der Waals surface area contributed by atoms with Crippen LogP contribution in [0.1, 0.15) is 35.1 Å². The molecule has 96 valence electrons. The minimum Gasteiger partial charge on any atom is -0.0832 e. The Morgan fingerprint density at radius 2 is 1.68 bits per heavy atom. The van der Waals surface area contributed by atoms with Gasteiger partial charge in [-0.1, -0.05) is 41.9 Å². The fraction of sp³-hybridized carbons (Fsp3) is 0.294. The Balaban J connectivity index is 2.01. The summed E-state index contributed by atoms with van der Waals surface area (Å²) in [6, 6.07) is 13.3. The average molecular weight is 381 g/mol. The first kappa shape index (κ1) is 12.2. The van der Waals surface area contributed by atoms with E-state index in [9.17, 15) is 0 Å². The molecule has 0 heterocycles. The number of hydrogen-bond acceptors (Lipinski definition) is 0. The third-order valence-corrected chi connectivity index (χ3v) is 6.59. The number of halogens is 2. The molecule has 0 fully saturated rings. The molecule has 0 unspecified atom stereocenters. The van der Waals surface area contributed by atoms with Gasteiger partial charge in [0.2, 0.25) is 0 Å². The highest BCUT2D eigenvalue weighted by Gasteiger charge is 2.45. The number of fused-ring (bicyclic) bond motifs is 4. The van der Waals surface area contributed by atoms with Crippen LogP contribution in [0.4, 0.5) is 0 Å². The molecular formula is C17H14ClI. The van der Waals surface area contributed by atoms with Crippen molar-refractivity contribution >= 4 is 34.2 Å². The average Bonchev–Trinajstić information content (AvgIpc) is 2.99. The van der Waals surface area contributed by atoms with E-state index in [1.807, 2.05) is 0 Å². The van der Waals surface area contributed by atoms with Gasteiger partial charge in [0.15, 0.2) is 0 Å². The van der Waals surface area contributed by atoms with Crippen LogP contribution in [0.5, 0.6) is 0 Å². The summed E-state index contributed by atoms with van der Waals surface area (Å²) in [6.07, 6.45) is 4.89. The van der Waals surface area contributed by atoms with E-state index in [0.29, 0.717) is 0 Å². The lowest BCUT2D eigenvalue weighted by Gasteiger charge is -2.28. The number of rotatable bonds is 0. The molecule has 1 spiro atoms. The van der Waals surface area contributed by atoms with Gasteiger partial charge in [-0.3, -0.25) is 0 Å². The third kappa shape index (κ3) is 1.58. The molecule has 0 aliphatic heterocycles. The maximum atomic E-state index is 6.37. The van der Waals surface area contributed by atoms with Crippen molar-refractivity contribution in [1.29, 1.82) is 0 Å². The van der Waals surface area contributed by atoms with Crippen LogP contribution >= 0.6 is 34.2 Å². The van der Waals surface area contributed by atoms with Crippen LogP contribution in [0.3, 0.4) is 0 Å². The monoisotopic (exact) mass is 380 g/mol. The van der Waals surface area contributed by atoms with Crippen LogP contribution in [0.25, 0.3) is 0 Å². The van der Waals surface area contributed by atoms with Crippen LogP contribution in [0.2, 0.25) is 5.02 Å². The first-order valence-electron chi connectivity index (χ1n) is 6.78. The maximum absolute atomic E-state index is 6.37. The van der Waals surface area contributed by atoms with Crippen LogP contribution in [-0.2, 0) is 18.3 Å². The van der Waals surface area contributed by atoms with Crippen molar-refractivity contribution in [3.05, 3.63) is 67.2 Å². The lowest BCUT2D eigenvalue weighted by Crippen LogP contribution is -2.22. The summed E-state index contributed by atoms with van der Waals surface area (Å²) in [5.74, 6) is 0. The molecule has 1 atom stereocenters. The fourth-order valence-corrected chi connectivity index (χ4v) is 5.20. The largest absolute Gasteiger partial charge is 0.0832 e. The van der Waals surface area contributed by atoms with E-state index in [-0.39, 0.29) is 5.41 Å². The van der Waals surface area contributed by atoms with Crippen molar-refractivity contribution < 1.29 is 0 Å². The second kappa shape index (κ2) is 4.23. The van der Waals surface area contributed by atoms with Gasteiger partial charge < -0.3 is 0 Å². The quantitative estimate of drug-likeness (QED) is 0.556. The first-order chi connectivity index (χ1) is 9.22. The Kier molecular flexibility index (Phi) is 2.72. The van der Waals surface area contributed by atoms with E-state index in [4.69, 9.17) is 11.6 Å². The fourth-order valence-electron chi connectivity index (χ4n) is 4.00. The maximum Gasteiger partial charge on any atom is 0.0542 e. The molecule has 4 rings (SSSR count). The molecule has 0 aromatic heterocycles. The van der Waals surface area contributed by atoms with Gasteiger partial charge in [-0.05, 0) is 76.6 Å². The summed E-state index contributed by atoms with van der Waals surface area (Å²) in [5.41, 5.74) is 6.35. The molecule has 0 radical (unpaired) electrons. The summed E-state index contributed by atoms with van der Waals surface area (Å²) in [6.45, 7) is 0. The summed E-state index contributed by atoms with van der Waals surface area (Å²) in [5, 5.41) is 0.907. The van der Waals surface area contributed by atoms with Crippen molar-refractivity contribution in [1.82, 2.24) is 0 Å². The highest BCUT2D eigenvalue weighted by Crippen LogP contribution is 2.54. The molecule has 2 aliphatic carbocycles. The van der Waals surface area contributed by atoms with Crippen LogP contribution in [0.15, 0.2) is 36.4 Å². The van der Waals surface area contributed by atoms with Gasteiger partial charge in [0.25, 0.3) is 0 Å². The Morgan fingerprint density at radius 3 is 2.53 bits per heavy atom. The van der Waals surface area contributed by atoms with E-state index in [1.165, 1.54) is 45.9 Å². The predicted molar refractivity (Wildman–Crippen MR) is 88.0 cm³/mol. The van der Waals surface area contributed by atoms with Gasteiger partial charge >= 0.3 is 0 Å². The normalized spacial score (nSPS) is 23.7. The predicted octanol–water partition coefficient (Wildman–Crippen LogP) is 5.12. The second-order valence-electron chi connectivity index (χ2n) is 5.63. The summed E-state index contributed by atoms with van der Waals surface area (Å²) in [4.78, 5) is 0. The molecule has 2 heteroatoms. The molecule has 0 amide bonds. The molecular weight excluding hydrogens is 367 g/mol. The lowest BCUT2D eigenvalue weighted by atomic mass is 9.77. The van der Waals surface area contributed by atoms with Crippen molar-refractivity contribution in [2.75, 3.05) is 0 Å². The molecule has 0 bridgehead atoms. The zero-order chi connectivity index (χ0) is 13.0. The van der Waals surface area contributed by atoms with Crippen molar-refractivity contribution in [3.8, 4) is 0 Å². The van der Waals surface area contributed by atoms with E-state index in [0.717, 1.165) is 5.02 Å². The Bertz CT molecular complexity index is 673. The Hall–Kier alpha value is -0.540. The zero-order valence-electron chi connectivity index (χ0n) is 10.5. The summed E-state index contributed by atoms with van der Waals surface area (Å²) >= 11 is 8.81. The minimum absolute atomic E-state index is 0.243. The van der Waals surface area contributed by atoms with Gasteiger partial charge in [-0.25, -0.2) is 0 Å². The van der Waals surface area contributed by atoms with Gasteiger partial charge in [-0.2, -0.15) is 0 Å². The topological polar surface area (TPSA) is 0 Å². The summed E-state index contributed by atoms with van der Waals surface area (Å²) < 4.78 is 1.27. The van der Waals surface area contributed by atoms with E-state index < -0.39 is 0 Å². The highest BCUT2D eigenvalue weighted by atomic mass is 127. The van der Waals surface area contributed by atoms with Gasteiger partial charge in [0.1, 0.15) is 0 Å². The van der Waals surface area contributed by atoms with Crippen molar-refractivity contribution in [2.45, 2.75) is 31.1 Å². The molecule has 2 aromatic carbocycles. The van der Waals surface area contributed by atoms with E-state index >= 15 is 0 Å². The SMILES string of the molecule is Clc1ccc2c(c1I)[C@@]1(CCc3ccccc31)CC2. The van der Waals surface area contributed by atoms with Gasteiger partial charge in [0, 0.05) is 8.99 Å². The van der Waals surface area contributed by atoms with Gasteiger partial charge in [-0.15, -0.1) is 0 Å². The van der Waals surface area contributed by atoms with Gasteiger partial charge in [0.05, 0.1) is 5.02 Å². The standard InChI is InChI=1S/C17H14ClI/c18-14-6-5-12-8-10-17(15(12)16(14)19)9-7-11-3-1-2-4-13(11)17/h1-6H,7-10H2/t17-/m0/s1. The van der Waals surface area contributed by atoms with Crippen LogP contribution < -0.4 is 0 Å². The zero-order valence-corrected chi connectivity index (χ0v) is 13.5. The number of hydrogen-bond donors (Lipinski definition) is 0. The van der Waals surface area contributed by atoms with Crippen LogP contribution in [0, 0.1) is 3.57 Å². The molecule has 0 saturated heterocycles. The molecule has 0 nitrogen and oxygen atoms in total. The first-order valence-corrected chi connectivity index (χ1v) is 8.24. The van der Waals surface area contributed by atoms with Crippen molar-refractivity contribution in [3.63, 3.8) is 0 Å². The lowest BCUT2D eigenvalue weighted by molar-refractivity contribution is 0.505. The number of aryl methyl sites for hydroxylation is 2. The molecule has 2 aromatic rings. The smallest absolute Gasteiger partial charge is 0.0542 e. The Labute approximate surface area is 132 Å². The second-order valence-corrected chi connectivity index (χ2v) is 7.12. The van der Waals surface area contributed by atoms with Crippen molar-refractivity contribution in [2.24, 2.45) is 0 Å². The Morgan fingerprint density at radius 1 is 0.947 bits per heavy atom. The molecule has 2 aliphatic rings. The van der Waals surface area contributed by atoms with Crippen LogP contribution in [-0.4, -0.2) is 0 Å². The molecule has 0 N–H and O–H groups in total. The number of benzene rings is 2. The highest BCUT2D eigenvalue weighted by molar-refractivity contribution is 14.1. The third-order valence-electron chi connectivity index (χ3n) is 4.83. The molecule has 19 heavy (non-hydrogen) atoms. The molecule has 0 saturated carbocycles.